The number of hydrogen-bond donors (Lipinski definition) is 1. The van der Waals surface area contributed by atoms with Crippen LogP contribution in [0.15, 0.2) is 0 Å². The third-order valence-electron chi connectivity index (χ3n) is 2.98. The third kappa shape index (κ3) is 14.0. The molecule has 0 spiro atoms. The van der Waals surface area contributed by atoms with E-state index in [9.17, 15) is 4.79 Å². The van der Waals surface area contributed by atoms with Crippen molar-refractivity contribution >= 4 is 5.97 Å². The van der Waals surface area contributed by atoms with Crippen LogP contribution in [0.2, 0.25) is 0 Å². The van der Waals surface area contributed by atoms with Gasteiger partial charge in [-0.1, -0.05) is 13.3 Å². The molecule has 0 fully saturated rings. The number of hydrogen-bond acceptors (Lipinski definition) is 5. The maximum absolute atomic E-state index is 10.7. The van der Waals surface area contributed by atoms with Crippen molar-refractivity contribution in [2.75, 3.05) is 52.7 Å². The van der Waals surface area contributed by atoms with E-state index in [0.717, 1.165) is 19.4 Å². The molecule has 1 N–H and O–H groups in total. The van der Waals surface area contributed by atoms with Gasteiger partial charge in [-0.25, -0.2) is 0 Å². The molecule has 0 heterocycles. The van der Waals surface area contributed by atoms with Crippen LogP contribution in [0.1, 0.15) is 33.6 Å². The lowest BCUT2D eigenvalue weighted by Gasteiger charge is -2.24. The van der Waals surface area contributed by atoms with Crippen molar-refractivity contribution in [2.24, 2.45) is 0 Å². The molecule has 0 saturated carbocycles. The Morgan fingerprint density at radius 1 is 1.00 bits per heavy atom. The van der Waals surface area contributed by atoms with Gasteiger partial charge in [-0.15, -0.1) is 0 Å². The van der Waals surface area contributed by atoms with Gasteiger partial charge in [-0.2, -0.15) is 0 Å². The molecule has 6 heteroatoms. The van der Waals surface area contributed by atoms with Crippen LogP contribution in [-0.4, -0.2) is 74.7 Å². The molecular formula is C15H31NO5. The molecule has 0 radical (unpaired) electrons. The number of carboxylic acid groups (broad SMARTS) is 1. The Hall–Kier alpha value is -0.690. The molecule has 0 aromatic heterocycles. The Bertz CT molecular complexity index is 248. The summed E-state index contributed by atoms with van der Waals surface area (Å²) in [6.45, 7) is 10.3. The van der Waals surface area contributed by atoms with Crippen LogP contribution in [0, 0.1) is 0 Å². The van der Waals surface area contributed by atoms with Gasteiger partial charge in [0.15, 0.2) is 0 Å². The summed E-state index contributed by atoms with van der Waals surface area (Å²) in [4.78, 5) is 12.6. The summed E-state index contributed by atoms with van der Waals surface area (Å²) >= 11 is 0. The fourth-order valence-electron chi connectivity index (χ4n) is 1.66. The monoisotopic (exact) mass is 305 g/mol. The third-order valence-corrected chi connectivity index (χ3v) is 2.98. The second-order valence-electron chi connectivity index (χ2n) is 5.15. The van der Waals surface area contributed by atoms with Crippen molar-refractivity contribution < 1.29 is 24.1 Å². The van der Waals surface area contributed by atoms with Crippen LogP contribution < -0.4 is 0 Å². The highest BCUT2D eigenvalue weighted by atomic mass is 16.5. The smallest absolute Gasteiger partial charge is 0.317 e. The van der Waals surface area contributed by atoms with Crippen molar-refractivity contribution in [3.63, 3.8) is 0 Å². The molecule has 0 aliphatic heterocycles. The van der Waals surface area contributed by atoms with Gasteiger partial charge < -0.3 is 19.3 Å². The molecule has 0 rings (SSSR count). The summed E-state index contributed by atoms with van der Waals surface area (Å²) in [6, 6.07) is 0.196. The van der Waals surface area contributed by atoms with Crippen molar-refractivity contribution in [3.8, 4) is 0 Å². The molecule has 0 amide bonds. The Morgan fingerprint density at radius 3 is 2.00 bits per heavy atom. The Labute approximate surface area is 128 Å². The number of rotatable bonds is 15. The number of nitrogens with zero attached hydrogens (tertiary/aromatic N) is 1. The first kappa shape index (κ1) is 20.3. The topological polar surface area (TPSA) is 68.2 Å². The normalized spacial score (nSPS) is 11.5. The molecule has 0 bridgehead atoms. The van der Waals surface area contributed by atoms with E-state index in [1.54, 1.807) is 0 Å². The molecule has 0 saturated heterocycles. The van der Waals surface area contributed by atoms with Crippen molar-refractivity contribution in [1.82, 2.24) is 4.90 Å². The van der Waals surface area contributed by atoms with Gasteiger partial charge in [-0.05, 0) is 20.3 Å². The van der Waals surface area contributed by atoms with Gasteiger partial charge in [-0.3, -0.25) is 9.69 Å². The van der Waals surface area contributed by atoms with Gasteiger partial charge >= 0.3 is 5.97 Å². The Balaban J connectivity index is 3.36. The number of carboxylic acids is 1. The van der Waals surface area contributed by atoms with Crippen LogP contribution in [0.3, 0.4) is 0 Å². The molecule has 0 aromatic carbocycles. The Kier molecular flexibility index (Phi) is 13.8. The van der Waals surface area contributed by atoms with E-state index < -0.39 is 5.97 Å². The van der Waals surface area contributed by atoms with E-state index in [1.165, 1.54) is 0 Å². The molecule has 21 heavy (non-hydrogen) atoms. The predicted octanol–water partition coefficient (Wildman–Crippen LogP) is 1.63. The summed E-state index contributed by atoms with van der Waals surface area (Å²) in [5.74, 6) is -0.810. The summed E-state index contributed by atoms with van der Waals surface area (Å²) in [6.07, 6.45) is 2.23. The molecule has 0 aromatic rings. The number of aliphatic carboxylic acids is 1. The zero-order valence-electron chi connectivity index (χ0n) is 13.7. The highest BCUT2D eigenvalue weighted by molar-refractivity contribution is 5.69. The second-order valence-corrected chi connectivity index (χ2v) is 5.15. The van der Waals surface area contributed by atoms with Crippen molar-refractivity contribution in [3.05, 3.63) is 0 Å². The molecule has 126 valence electrons. The lowest BCUT2D eigenvalue weighted by Crippen LogP contribution is -2.38. The van der Waals surface area contributed by atoms with E-state index in [1.807, 2.05) is 18.7 Å². The fraction of sp³-hybridized carbons (Fsp3) is 0.933. The molecular weight excluding hydrogens is 274 g/mol. The summed E-state index contributed by atoms with van der Waals surface area (Å²) < 4.78 is 16.2. The highest BCUT2D eigenvalue weighted by Gasteiger charge is 2.12. The highest BCUT2D eigenvalue weighted by Crippen LogP contribution is 1.97. The minimum absolute atomic E-state index is 0.0482. The van der Waals surface area contributed by atoms with Crippen molar-refractivity contribution in [2.45, 2.75) is 39.7 Å². The average Bonchev–Trinajstić information content (AvgIpc) is 2.42. The zero-order valence-corrected chi connectivity index (χ0v) is 13.7. The van der Waals surface area contributed by atoms with E-state index >= 15 is 0 Å². The molecule has 0 atom stereocenters. The fourth-order valence-corrected chi connectivity index (χ4v) is 1.66. The summed E-state index contributed by atoms with van der Waals surface area (Å²) in [5, 5.41) is 8.80. The number of unbranched alkanes of at least 4 members (excludes halogenated alkanes) is 1. The molecule has 6 nitrogen and oxygen atoms in total. The van der Waals surface area contributed by atoms with Gasteiger partial charge in [0, 0.05) is 19.2 Å². The second kappa shape index (κ2) is 14.3. The van der Waals surface area contributed by atoms with E-state index in [0.29, 0.717) is 39.6 Å². The lowest BCUT2D eigenvalue weighted by molar-refractivity contribution is -0.139. The van der Waals surface area contributed by atoms with Gasteiger partial charge in [0.2, 0.25) is 0 Å². The maximum atomic E-state index is 10.7. The van der Waals surface area contributed by atoms with Gasteiger partial charge in [0.05, 0.1) is 39.6 Å². The quantitative estimate of drug-likeness (QED) is 0.464. The first-order valence-electron chi connectivity index (χ1n) is 7.77. The van der Waals surface area contributed by atoms with Crippen molar-refractivity contribution in [1.29, 1.82) is 0 Å². The molecule has 0 unspecified atom stereocenters. The first-order chi connectivity index (χ1) is 10.1. The predicted molar refractivity (Wildman–Crippen MR) is 81.7 cm³/mol. The molecule has 0 aliphatic rings. The van der Waals surface area contributed by atoms with Gasteiger partial charge in [0.25, 0.3) is 0 Å². The zero-order chi connectivity index (χ0) is 15.9. The van der Waals surface area contributed by atoms with Crippen LogP contribution in [0.5, 0.6) is 0 Å². The standard InChI is InChI=1S/C15H31NO5/c1-4-5-7-19-9-11-21-12-10-20-8-6-16(14(2)3)13-15(17)18/h14H,4-13H2,1-3H3,(H,17,18). The lowest BCUT2D eigenvalue weighted by atomic mass is 10.3. The number of carbonyl (C=O) groups is 1. The average molecular weight is 305 g/mol. The SMILES string of the molecule is CCCCOCCOCCOCCN(CC(=O)O)C(C)C. The minimum atomic E-state index is -0.810. The minimum Gasteiger partial charge on any atom is -0.480 e. The molecule has 0 aliphatic carbocycles. The first-order valence-corrected chi connectivity index (χ1v) is 7.77. The van der Waals surface area contributed by atoms with Gasteiger partial charge in [0.1, 0.15) is 0 Å². The van der Waals surface area contributed by atoms with E-state index in [4.69, 9.17) is 19.3 Å². The van der Waals surface area contributed by atoms with E-state index in [-0.39, 0.29) is 12.6 Å². The van der Waals surface area contributed by atoms with Crippen LogP contribution in [-0.2, 0) is 19.0 Å². The van der Waals surface area contributed by atoms with Crippen LogP contribution in [0.25, 0.3) is 0 Å². The van der Waals surface area contributed by atoms with E-state index in [2.05, 4.69) is 6.92 Å². The van der Waals surface area contributed by atoms with Crippen LogP contribution >= 0.6 is 0 Å². The maximum Gasteiger partial charge on any atom is 0.317 e. The summed E-state index contributed by atoms with van der Waals surface area (Å²) in [5.41, 5.74) is 0. The largest absolute Gasteiger partial charge is 0.480 e. The number of ether oxygens (including phenoxy) is 3. The summed E-state index contributed by atoms with van der Waals surface area (Å²) in [7, 11) is 0. The Morgan fingerprint density at radius 2 is 1.52 bits per heavy atom. The van der Waals surface area contributed by atoms with Crippen LogP contribution in [0.4, 0.5) is 0 Å².